The van der Waals surface area contributed by atoms with E-state index in [9.17, 15) is 14.0 Å². The van der Waals surface area contributed by atoms with Gasteiger partial charge in [0.05, 0.1) is 12.7 Å². The highest BCUT2D eigenvalue weighted by Gasteiger charge is 2.56. The number of methoxy groups -OCH3 is 1. The zero-order chi connectivity index (χ0) is 11.1. The number of benzene rings is 1. The maximum Gasteiger partial charge on any atom is 0.410 e. The third-order valence-electron chi connectivity index (χ3n) is 2.12. The number of ether oxygens (including phenoxy) is 2. The molecule has 0 aliphatic carbocycles. The van der Waals surface area contributed by atoms with Crippen molar-refractivity contribution in [3.05, 3.63) is 29.8 Å². The third kappa shape index (κ3) is 1.20. The highest BCUT2D eigenvalue weighted by Crippen LogP contribution is 2.36. The molecule has 1 aromatic carbocycles. The lowest BCUT2D eigenvalue weighted by molar-refractivity contribution is -0.166. The van der Waals surface area contributed by atoms with Crippen molar-refractivity contribution in [3.63, 3.8) is 0 Å². The Bertz CT molecular complexity index is 443. The first-order valence-corrected chi connectivity index (χ1v) is 4.20. The van der Waals surface area contributed by atoms with Gasteiger partial charge in [0, 0.05) is 0 Å². The van der Waals surface area contributed by atoms with Crippen LogP contribution < -0.4 is 4.74 Å². The summed E-state index contributed by atoms with van der Waals surface area (Å²) in [6.07, 6.45) is 0. The molecule has 78 valence electrons. The summed E-state index contributed by atoms with van der Waals surface area (Å²) in [5.74, 6) is -5.35. The number of hydrogen-bond acceptors (Lipinski definition) is 4. The maximum absolute atomic E-state index is 13.8. The van der Waals surface area contributed by atoms with E-state index in [4.69, 9.17) is 0 Å². The number of hydrogen-bond donors (Lipinski definition) is 0. The highest BCUT2D eigenvalue weighted by atomic mass is 19.2. The van der Waals surface area contributed by atoms with E-state index < -0.39 is 17.6 Å². The predicted molar refractivity (Wildman–Crippen MR) is 47.3 cm³/mol. The van der Waals surface area contributed by atoms with Gasteiger partial charge in [0.2, 0.25) is 0 Å². The molecular formula is C10H7FO4. The first-order valence-electron chi connectivity index (χ1n) is 4.20. The normalized spacial score (nSPS) is 23.2. The molecule has 0 spiro atoms. The molecule has 1 aliphatic heterocycles. The fourth-order valence-electron chi connectivity index (χ4n) is 1.38. The summed E-state index contributed by atoms with van der Waals surface area (Å²) >= 11 is 0. The van der Waals surface area contributed by atoms with E-state index in [1.165, 1.54) is 12.1 Å². The lowest BCUT2D eigenvalue weighted by Gasteiger charge is -2.13. The van der Waals surface area contributed by atoms with Crippen molar-refractivity contribution < 1.29 is 23.5 Å². The quantitative estimate of drug-likeness (QED) is 0.514. The van der Waals surface area contributed by atoms with Gasteiger partial charge in [0.15, 0.2) is 0 Å². The topological polar surface area (TPSA) is 52.6 Å². The molecule has 1 aromatic rings. The summed E-state index contributed by atoms with van der Waals surface area (Å²) in [4.78, 5) is 22.6. The first-order chi connectivity index (χ1) is 7.09. The number of para-hydroxylation sites is 1. The van der Waals surface area contributed by atoms with Gasteiger partial charge in [0.25, 0.3) is 5.78 Å². The van der Waals surface area contributed by atoms with Crippen molar-refractivity contribution in [1.82, 2.24) is 0 Å². The lowest BCUT2D eigenvalue weighted by Crippen LogP contribution is -2.44. The second-order valence-electron chi connectivity index (χ2n) is 3.01. The Morgan fingerprint density at radius 1 is 1.47 bits per heavy atom. The fraction of sp³-hybridized carbons (Fsp3) is 0.200. The Kier molecular flexibility index (Phi) is 1.96. The zero-order valence-corrected chi connectivity index (χ0v) is 7.82. The van der Waals surface area contributed by atoms with E-state index in [2.05, 4.69) is 9.47 Å². The van der Waals surface area contributed by atoms with Crippen LogP contribution in [0.25, 0.3) is 0 Å². The van der Waals surface area contributed by atoms with Crippen LogP contribution in [-0.4, -0.2) is 24.7 Å². The molecule has 2 rings (SSSR count). The number of Topliss-reactive ketones (excluding diaryl/α,β-unsaturated/α-hetero) is 1. The molecule has 0 N–H and O–H groups in total. The molecule has 1 heterocycles. The van der Waals surface area contributed by atoms with Crippen molar-refractivity contribution in [1.29, 1.82) is 0 Å². The predicted octanol–water partition coefficient (Wildman–Crippen LogP) is 1.10. The van der Waals surface area contributed by atoms with E-state index in [-0.39, 0.29) is 11.3 Å². The molecular weight excluding hydrogens is 203 g/mol. The zero-order valence-electron chi connectivity index (χ0n) is 7.82. The van der Waals surface area contributed by atoms with E-state index in [1.807, 2.05) is 0 Å². The molecule has 5 heteroatoms. The number of ketones is 1. The van der Waals surface area contributed by atoms with E-state index in [0.29, 0.717) is 0 Å². The third-order valence-corrected chi connectivity index (χ3v) is 2.12. The molecule has 0 saturated carbocycles. The number of halogens is 1. The molecule has 0 amide bonds. The van der Waals surface area contributed by atoms with Gasteiger partial charge in [-0.3, -0.25) is 4.79 Å². The van der Waals surface area contributed by atoms with Crippen molar-refractivity contribution >= 4 is 11.8 Å². The van der Waals surface area contributed by atoms with E-state index in [0.717, 1.165) is 7.11 Å². The van der Waals surface area contributed by atoms with Crippen molar-refractivity contribution in [3.8, 4) is 5.75 Å². The van der Waals surface area contributed by atoms with Gasteiger partial charge in [-0.1, -0.05) is 12.1 Å². The number of carbonyl (C=O) groups excluding carboxylic acids is 2. The van der Waals surface area contributed by atoms with Gasteiger partial charge < -0.3 is 9.47 Å². The van der Waals surface area contributed by atoms with Crippen molar-refractivity contribution in [2.45, 2.75) is 5.85 Å². The number of fused-ring (bicyclic) bond motifs is 1. The summed E-state index contributed by atoms with van der Waals surface area (Å²) < 4.78 is 22.7. The Hall–Kier alpha value is -1.91. The molecule has 1 atom stereocenters. The molecule has 15 heavy (non-hydrogen) atoms. The molecule has 4 nitrogen and oxygen atoms in total. The van der Waals surface area contributed by atoms with Gasteiger partial charge in [-0.2, -0.15) is 4.39 Å². The summed E-state index contributed by atoms with van der Waals surface area (Å²) in [5.41, 5.74) is 0.0467. The maximum atomic E-state index is 13.8. The summed E-state index contributed by atoms with van der Waals surface area (Å²) in [5, 5.41) is 0. The van der Waals surface area contributed by atoms with Crippen LogP contribution >= 0.6 is 0 Å². The number of rotatable bonds is 1. The van der Waals surface area contributed by atoms with Crippen LogP contribution in [0, 0.1) is 0 Å². The largest absolute Gasteiger partial charge is 0.464 e. The Morgan fingerprint density at radius 3 is 2.73 bits per heavy atom. The molecule has 0 radical (unpaired) electrons. The SMILES string of the molecule is COC(=O)[C@@]1(F)Oc2ccccc2C1=O. The average molecular weight is 210 g/mol. The first kappa shape index (κ1) is 9.64. The number of alkyl halides is 1. The van der Waals surface area contributed by atoms with Crippen LogP contribution in [-0.2, 0) is 9.53 Å². The molecule has 0 aromatic heterocycles. The van der Waals surface area contributed by atoms with E-state index >= 15 is 0 Å². The van der Waals surface area contributed by atoms with Crippen molar-refractivity contribution in [2.24, 2.45) is 0 Å². The Balaban J connectivity index is 2.47. The monoisotopic (exact) mass is 210 g/mol. The molecule has 0 bridgehead atoms. The second-order valence-corrected chi connectivity index (χ2v) is 3.01. The minimum absolute atomic E-state index is 0.0467. The standard InChI is InChI=1S/C10H7FO4/c1-14-9(13)10(11)8(12)6-4-2-3-5-7(6)15-10/h2-5H,1H3/t10-/m0/s1. The molecule has 0 saturated heterocycles. The van der Waals surface area contributed by atoms with Gasteiger partial charge in [0.1, 0.15) is 5.75 Å². The van der Waals surface area contributed by atoms with Gasteiger partial charge in [-0.05, 0) is 12.1 Å². The van der Waals surface area contributed by atoms with Crippen LogP contribution in [0.5, 0.6) is 5.75 Å². The minimum atomic E-state index is -3.03. The lowest BCUT2D eigenvalue weighted by atomic mass is 10.1. The smallest absolute Gasteiger partial charge is 0.410 e. The van der Waals surface area contributed by atoms with E-state index in [1.54, 1.807) is 12.1 Å². The fourth-order valence-corrected chi connectivity index (χ4v) is 1.38. The van der Waals surface area contributed by atoms with Crippen LogP contribution in [0.3, 0.4) is 0 Å². The van der Waals surface area contributed by atoms with Crippen molar-refractivity contribution in [2.75, 3.05) is 7.11 Å². The molecule has 1 aliphatic rings. The summed E-state index contributed by atoms with van der Waals surface area (Å²) in [7, 11) is 0.989. The number of carbonyl (C=O) groups is 2. The summed E-state index contributed by atoms with van der Waals surface area (Å²) in [6.45, 7) is 0. The van der Waals surface area contributed by atoms with Gasteiger partial charge in [-0.15, -0.1) is 0 Å². The second kappa shape index (κ2) is 3.05. The Morgan fingerprint density at radius 2 is 2.13 bits per heavy atom. The average Bonchev–Trinajstić information content (AvgIpc) is 2.52. The van der Waals surface area contributed by atoms with Crippen LogP contribution in [0.4, 0.5) is 4.39 Å². The van der Waals surface area contributed by atoms with Gasteiger partial charge in [-0.25, -0.2) is 4.79 Å². The molecule has 0 unspecified atom stereocenters. The van der Waals surface area contributed by atoms with Crippen LogP contribution in [0.15, 0.2) is 24.3 Å². The van der Waals surface area contributed by atoms with Crippen LogP contribution in [0.1, 0.15) is 10.4 Å². The highest BCUT2D eigenvalue weighted by molar-refractivity contribution is 6.17. The summed E-state index contributed by atoms with van der Waals surface area (Å²) in [6, 6.07) is 5.94. The molecule has 0 fully saturated rings. The Labute approximate surface area is 84.6 Å². The minimum Gasteiger partial charge on any atom is -0.464 e. The van der Waals surface area contributed by atoms with Gasteiger partial charge >= 0.3 is 11.8 Å². The number of esters is 1. The van der Waals surface area contributed by atoms with Crippen LogP contribution in [0.2, 0.25) is 0 Å².